The molecule has 0 saturated heterocycles. The van der Waals surface area contributed by atoms with Crippen molar-refractivity contribution in [2.45, 2.75) is 0 Å². The fourth-order valence-electron chi connectivity index (χ4n) is 1.79. The Bertz CT molecular complexity index is 771. The zero-order chi connectivity index (χ0) is 12.7. The minimum atomic E-state index is -0.746. The third-order valence-corrected chi connectivity index (χ3v) is 2.60. The minimum absolute atomic E-state index is 0.256. The molecule has 6 heteroatoms. The summed E-state index contributed by atoms with van der Waals surface area (Å²) >= 11 is 0. The smallest absolute Gasteiger partial charge is 0.249 e. The maximum atomic E-state index is 13.6. The fourth-order valence-corrected chi connectivity index (χ4v) is 1.79. The van der Waals surface area contributed by atoms with Crippen LogP contribution < -0.4 is 5.56 Å². The van der Waals surface area contributed by atoms with Crippen molar-refractivity contribution in [1.29, 1.82) is 0 Å². The molecule has 2 heterocycles. The lowest BCUT2D eigenvalue weighted by Gasteiger charge is -2.05. The molecule has 0 bridgehead atoms. The molecule has 0 spiro atoms. The molecule has 3 rings (SSSR count). The van der Waals surface area contributed by atoms with E-state index in [9.17, 15) is 13.6 Å². The molecular weight excluding hydrogens is 240 g/mol. The second kappa shape index (κ2) is 3.76. The lowest BCUT2D eigenvalue weighted by atomic mass is 10.3. The van der Waals surface area contributed by atoms with Gasteiger partial charge in [0.1, 0.15) is 11.3 Å². The number of aromatic nitrogens is 3. The number of aromatic amines is 1. The summed E-state index contributed by atoms with van der Waals surface area (Å²) in [4.78, 5) is 13.8. The predicted molar refractivity (Wildman–Crippen MR) is 61.6 cm³/mol. The van der Waals surface area contributed by atoms with E-state index in [0.717, 1.165) is 16.8 Å². The third-order valence-electron chi connectivity index (χ3n) is 2.60. The Morgan fingerprint density at radius 1 is 1.11 bits per heavy atom. The monoisotopic (exact) mass is 247 g/mol. The van der Waals surface area contributed by atoms with Gasteiger partial charge in [0.2, 0.25) is 5.56 Å². The van der Waals surface area contributed by atoms with E-state index in [1.54, 1.807) is 0 Å². The van der Waals surface area contributed by atoms with Crippen molar-refractivity contribution in [1.82, 2.24) is 14.8 Å². The topological polar surface area (TPSA) is 50.7 Å². The molecule has 3 aromatic rings. The number of hydrogen-bond acceptors (Lipinski definition) is 2. The molecule has 0 unspecified atom stereocenters. The number of fused-ring (bicyclic) bond motifs is 1. The van der Waals surface area contributed by atoms with Crippen molar-refractivity contribution in [3.05, 3.63) is 58.5 Å². The largest absolute Gasteiger partial charge is 0.306 e. The van der Waals surface area contributed by atoms with Gasteiger partial charge in [-0.3, -0.25) is 4.79 Å². The number of para-hydroxylation sites is 1. The molecule has 0 radical (unpaired) electrons. The molecule has 1 aromatic carbocycles. The Hall–Kier alpha value is -2.50. The molecule has 0 aliphatic rings. The summed E-state index contributed by atoms with van der Waals surface area (Å²) in [7, 11) is 0. The van der Waals surface area contributed by atoms with E-state index >= 15 is 0 Å². The number of halogens is 2. The molecule has 4 nitrogen and oxygen atoms in total. The van der Waals surface area contributed by atoms with Gasteiger partial charge in [-0.25, -0.2) is 13.5 Å². The summed E-state index contributed by atoms with van der Waals surface area (Å²) < 4.78 is 28.3. The predicted octanol–water partition coefficient (Wildman–Crippen LogP) is 1.99. The summed E-state index contributed by atoms with van der Waals surface area (Å²) in [5.41, 5.74) is -0.415. The number of rotatable bonds is 1. The van der Waals surface area contributed by atoms with Crippen LogP contribution in [0.4, 0.5) is 8.78 Å². The highest BCUT2D eigenvalue weighted by Gasteiger charge is 2.14. The summed E-state index contributed by atoms with van der Waals surface area (Å²) in [6.07, 6.45) is 1.43. The standard InChI is InChI=1S/C12H7F2N3O/c13-8-2-1-3-9(14)11(8)17-12-7(6-15-17)4-5-10(18)16-12/h1-6H,(H,16,18). The van der Waals surface area contributed by atoms with Gasteiger partial charge in [-0.05, 0) is 18.2 Å². The van der Waals surface area contributed by atoms with Gasteiger partial charge < -0.3 is 4.98 Å². The number of nitrogens with one attached hydrogen (secondary N) is 1. The number of nitrogens with zero attached hydrogens (tertiary/aromatic N) is 2. The highest BCUT2D eigenvalue weighted by molar-refractivity contribution is 5.75. The molecule has 0 aliphatic carbocycles. The molecule has 18 heavy (non-hydrogen) atoms. The maximum Gasteiger partial charge on any atom is 0.249 e. The SMILES string of the molecule is O=c1ccc2cnn(-c3c(F)cccc3F)c2[nH]1. The van der Waals surface area contributed by atoms with Crippen LogP contribution in [0.25, 0.3) is 16.7 Å². The molecule has 1 N–H and O–H groups in total. The van der Waals surface area contributed by atoms with Gasteiger partial charge in [-0.15, -0.1) is 0 Å². The van der Waals surface area contributed by atoms with Crippen molar-refractivity contribution in [3.63, 3.8) is 0 Å². The van der Waals surface area contributed by atoms with Crippen molar-refractivity contribution >= 4 is 11.0 Å². The molecule has 2 aromatic heterocycles. The van der Waals surface area contributed by atoms with E-state index in [2.05, 4.69) is 10.1 Å². The first-order valence-electron chi connectivity index (χ1n) is 5.18. The lowest BCUT2D eigenvalue weighted by Crippen LogP contribution is -2.08. The van der Waals surface area contributed by atoms with Gasteiger partial charge in [-0.1, -0.05) is 6.07 Å². The van der Waals surface area contributed by atoms with Gasteiger partial charge in [-0.2, -0.15) is 5.10 Å². The van der Waals surface area contributed by atoms with Crippen molar-refractivity contribution in [2.75, 3.05) is 0 Å². The average Bonchev–Trinajstić information content (AvgIpc) is 2.72. The molecule has 90 valence electrons. The Morgan fingerprint density at radius 3 is 2.56 bits per heavy atom. The highest BCUT2D eigenvalue weighted by atomic mass is 19.1. The van der Waals surface area contributed by atoms with Crippen LogP contribution in [0.2, 0.25) is 0 Å². The van der Waals surface area contributed by atoms with Crippen LogP contribution in [0.5, 0.6) is 0 Å². The second-order valence-corrected chi connectivity index (χ2v) is 3.75. The Balaban J connectivity index is 2.39. The summed E-state index contributed by atoms with van der Waals surface area (Å²) in [6, 6.07) is 6.39. The quantitative estimate of drug-likeness (QED) is 0.715. The van der Waals surface area contributed by atoms with E-state index in [4.69, 9.17) is 0 Å². The number of benzene rings is 1. The van der Waals surface area contributed by atoms with E-state index < -0.39 is 11.6 Å². The Morgan fingerprint density at radius 2 is 1.83 bits per heavy atom. The van der Waals surface area contributed by atoms with Crippen molar-refractivity contribution in [3.8, 4) is 5.69 Å². The molecule has 0 fully saturated rings. The Kier molecular flexibility index (Phi) is 2.22. The summed E-state index contributed by atoms with van der Waals surface area (Å²) in [5, 5.41) is 4.49. The van der Waals surface area contributed by atoms with Crippen molar-refractivity contribution in [2.24, 2.45) is 0 Å². The number of pyridine rings is 1. The van der Waals surface area contributed by atoms with Gasteiger partial charge in [0, 0.05) is 11.5 Å². The first-order chi connectivity index (χ1) is 8.66. The second-order valence-electron chi connectivity index (χ2n) is 3.75. The van der Waals surface area contributed by atoms with Crippen LogP contribution in [0, 0.1) is 11.6 Å². The van der Waals surface area contributed by atoms with Gasteiger partial charge in [0.15, 0.2) is 11.6 Å². The van der Waals surface area contributed by atoms with Crippen LogP contribution in [0.1, 0.15) is 0 Å². The van der Waals surface area contributed by atoms with E-state index in [-0.39, 0.29) is 16.9 Å². The molecule has 0 aliphatic heterocycles. The lowest BCUT2D eigenvalue weighted by molar-refractivity contribution is 0.562. The first kappa shape index (κ1) is 10.6. The molecular formula is C12H7F2N3O. The van der Waals surface area contributed by atoms with Crippen molar-refractivity contribution < 1.29 is 8.78 Å². The first-order valence-corrected chi connectivity index (χ1v) is 5.18. The van der Waals surface area contributed by atoms with E-state index in [0.29, 0.717) is 5.39 Å². The van der Waals surface area contributed by atoms with Crippen LogP contribution >= 0.6 is 0 Å². The summed E-state index contributed by atoms with van der Waals surface area (Å²) in [6.45, 7) is 0. The normalized spacial score (nSPS) is 11.0. The van der Waals surface area contributed by atoms with Gasteiger partial charge >= 0.3 is 0 Å². The van der Waals surface area contributed by atoms with Gasteiger partial charge in [0.05, 0.1) is 6.20 Å². The molecule has 0 saturated carbocycles. The molecule has 0 amide bonds. The average molecular weight is 247 g/mol. The minimum Gasteiger partial charge on any atom is -0.306 e. The zero-order valence-corrected chi connectivity index (χ0v) is 9.02. The maximum absolute atomic E-state index is 13.6. The number of H-pyrrole nitrogens is 1. The third kappa shape index (κ3) is 1.50. The molecule has 0 atom stereocenters. The van der Waals surface area contributed by atoms with E-state index in [1.165, 1.54) is 24.4 Å². The van der Waals surface area contributed by atoms with Crippen LogP contribution in [-0.4, -0.2) is 14.8 Å². The summed E-state index contributed by atoms with van der Waals surface area (Å²) in [5.74, 6) is -1.49. The fraction of sp³-hybridized carbons (Fsp3) is 0. The van der Waals surface area contributed by atoms with Crippen LogP contribution in [-0.2, 0) is 0 Å². The van der Waals surface area contributed by atoms with Crippen LogP contribution in [0.3, 0.4) is 0 Å². The van der Waals surface area contributed by atoms with Gasteiger partial charge in [0.25, 0.3) is 0 Å². The Labute approximate surface area is 99.5 Å². The van der Waals surface area contributed by atoms with E-state index in [1.807, 2.05) is 0 Å². The zero-order valence-electron chi connectivity index (χ0n) is 9.02. The number of hydrogen-bond donors (Lipinski definition) is 1. The van der Waals surface area contributed by atoms with Crippen LogP contribution in [0.15, 0.2) is 41.3 Å². The highest BCUT2D eigenvalue weighted by Crippen LogP contribution is 2.20.